The van der Waals surface area contributed by atoms with Gasteiger partial charge >= 0.3 is 6.03 Å². The van der Waals surface area contributed by atoms with Gasteiger partial charge in [0.2, 0.25) is 0 Å². The van der Waals surface area contributed by atoms with Crippen LogP contribution < -0.4 is 5.32 Å². The van der Waals surface area contributed by atoms with Gasteiger partial charge in [0.05, 0.1) is 6.54 Å². The van der Waals surface area contributed by atoms with Gasteiger partial charge in [0.25, 0.3) is 0 Å². The van der Waals surface area contributed by atoms with E-state index >= 15 is 0 Å². The quantitative estimate of drug-likeness (QED) is 0.920. The Morgan fingerprint density at radius 3 is 2.91 bits per heavy atom. The van der Waals surface area contributed by atoms with Crippen LogP contribution in [-0.2, 0) is 13.1 Å². The Morgan fingerprint density at radius 1 is 1.45 bits per heavy atom. The lowest BCUT2D eigenvalue weighted by Crippen LogP contribution is -2.40. The molecule has 0 unspecified atom stereocenters. The molecule has 2 aromatic rings. The molecule has 0 atom stereocenters. The Morgan fingerprint density at radius 2 is 2.23 bits per heavy atom. The summed E-state index contributed by atoms with van der Waals surface area (Å²) in [4.78, 5) is 17.9. The van der Waals surface area contributed by atoms with E-state index in [1.807, 2.05) is 48.9 Å². The molecule has 1 aromatic carbocycles. The first-order valence-electron chi connectivity index (χ1n) is 7.22. The van der Waals surface area contributed by atoms with Crippen molar-refractivity contribution in [3.8, 4) is 0 Å². The molecule has 5 nitrogen and oxygen atoms in total. The number of rotatable bonds is 5. The SMILES string of the molecule is CC(C)NC(=O)N(C)Cc1nccn1Cc1cccc(Cl)c1. The smallest absolute Gasteiger partial charge is 0.317 e. The van der Waals surface area contributed by atoms with Crippen LogP contribution in [0, 0.1) is 0 Å². The van der Waals surface area contributed by atoms with Gasteiger partial charge < -0.3 is 14.8 Å². The van der Waals surface area contributed by atoms with Gasteiger partial charge in [0.1, 0.15) is 5.82 Å². The van der Waals surface area contributed by atoms with Crippen molar-refractivity contribution in [2.45, 2.75) is 33.0 Å². The van der Waals surface area contributed by atoms with E-state index in [2.05, 4.69) is 10.3 Å². The average Bonchev–Trinajstić information content (AvgIpc) is 2.85. The normalized spacial score (nSPS) is 10.8. The van der Waals surface area contributed by atoms with Crippen molar-refractivity contribution in [3.63, 3.8) is 0 Å². The molecule has 0 fully saturated rings. The molecule has 0 bridgehead atoms. The van der Waals surface area contributed by atoms with E-state index in [-0.39, 0.29) is 12.1 Å². The minimum Gasteiger partial charge on any atom is -0.336 e. The van der Waals surface area contributed by atoms with Crippen LogP contribution in [0.2, 0.25) is 5.02 Å². The van der Waals surface area contributed by atoms with Crippen molar-refractivity contribution < 1.29 is 4.79 Å². The number of hydrogen-bond acceptors (Lipinski definition) is 2. The number of halogens is 1. The molecule has 0 saturated heterocycles. The van der Waals surface area contributed by atoms with Crippen LogP contribution in [0.1, 0.15) is 25.2 Å². The number of imidazole rings is 1. The number of urea groups is 1. The first kappa shape index (κ1) is 16.4. The third kappa shape index (κ3) is 4.49. The molecular weight excluding hydrogens is 300 g/mol. The second-order valence-corrected chi connectivity index (χ2v) is 6.00. The molecule has 0 saturated carbocycles. The molecule has 0 radical (unpaired) electrons. The summed E-state index contributed by atoms with van der Waals surface area (Å²) in [5.41, 5.74) is 1.10. The first-order chi connectivity index (χ1) is 10.5. The standard InChI is InChI=1S/C16H21ClN4O/c1-12(2)19-16(22)20(3)11-15-18-7-8-21(15)10-13-5-4-6-14(17)9-13/h4-9,12H,10-11H2,1-3H3,(H,19,22). The Balaban J connectivity index is 2.05. The number of hydrogen-bond donors (Lipinski definition) is 1. The zero-order valence-electron chi connectivity index (χ0n) is 13.1. The van der Waals surface area contributed by atoms with E-state index in [1.54, 1.807) is 18.1 Å². The second-order valence-electron chi connectivity index (χ2n) is 5.56. The lowest BCUT2D eigenvalue weighted by molar-refractivity contribution is 0.202. The van der Waals surface area contributed by atoms with Gasteiger partial charge in [-0.3, -0.25) is 0 Å². The zero-order valence-corrected chi connectivity index (χ0v) is 13.8. The third-order valence-corrected chi connectivity index (χ3v) is 3.42. The summed E-state index contributed by atoms with van der Waals surface area (Å²) in [5, 5.41) is 3.58. The fourth-order valence-corrected chi connectivity index (χ4v) is 2.32. The van der Waals surface area contributed by atoms with Gasteiger partial charge in [0.15, 0.2) is 0 Å². The summed E-state index contributed by atoms with van der Waals surface area (Å²) < 4.78 is 2.02. The number of amides is 2. The molecule has 0 spiro atoms. The first-order valence-corrected chi connectivity index (χ1v) is 7.59. The van der Waals surface area contributed by atoms with Crippen molar-refractivity contribution in [3.05, 3.63) is 53.1 Å². The highest BCUT2D eigenvalue weighted by molar-refractivity contribution is 6.30. The predicted octanol–water partition coefficient (Wildman–Crippen LogP) is 3.13. The summed E-state index contributed by atoms with van der Waals surface area (Å²) in [6, 6.07) is 7.74. The predicted molar refractivity (Wildman–Crippen MR) is 87.9 cm³/mol. The molecule has 2 amide bonds. The zero-order chi connectivity index (χ0) is 16.1. The molecule has 0 aliphatic rings. The third-order valence-electron chi connectivity index (χ3n) is 3.18. The maximum atomic E-state index is 12.0. The molecule has 6 heteroatoms. The van der Waals surface area contributed by atoms with Crippen LogP contribution in [0.5, 0.6) is 0 Å². The minimum absolute atomic E-state index is 0.104. The maximum absolute atomic E-state index is 12.0. The Labute approximate surface area is 135 Å². The largest absolute Gasteiger partial charge is 0.336 e. The van der Waals surface area contributed by atoms with Gasteiger partial charge in [-0.05, 0) is 31.5 Å². The number of carbonyl (C=O) groups excluding carboxylic acids is 1. The lowest BCUT2D eigenvalue weighted by Gasteiger charge is -2.20. The molecule has 1 aromatic heterocycles. The Hall–Kier alpha value is -2.01. The van der Waals surface area contributed by atoms with Crippen LogP contribution in [0.4, 0.5) is 4.79 Å². The van der Waals surface area contributed by atoms with Gasteiger partial charge in [-0.2, -0.15) is 0 Å². The topological polar surface area (TPSA) is 50.2 Å². The number of aromatic nitrogens is 2. The molecular formula is C16H21ClN4O. The van der Waals surface area contributed by atoms with Gasteiger partial charge in [0, 0.05) is 37.1 Å². The van der Waals surface area contributed by atoms with Crippen LogP contribution in [0.15, 0.2) is 36.7 Å². The van der Waals surface area contributed by atoms with E-state index < -0.39 is 0 Å². The van der Waals surface area contributed by atoms with Crippen molar-refractivity contribution in [1.82, 2.24) is 19.8 Å². The van der Waals surface area contributed by atoms with Gasteiger partial charge in [-0.25, -0.2) is 9.78 Å². The second kappa shape index (κ2) is 7.31. The van der Waals surface area contributed by atoms with E-state index in [4.69, 9.17) is 11.6 Å². The van der Waals surface area contributed by atoms with Crippen LogP contribution in [0.3, 0.4) is 0 Å². The highest BCUT2D eigenvalue weighted by Gasteiger charge is 2.13. The van der Waals surface area contributed by atoms with E-state index in [0.717, 1.165) is 11.4 Å². The van der Waals surface area contributed by atoms with Crippen molar-refractivity contribution >= 4 is 17.6 Å². The molecule has 1 N–H and O–H groups in total. The monoisotopic (exact) mass is 320 g/mol. The fraction of sp³-hybridized carbons (Fsp3) is 0.375. The fourth-order valence-electron chi connectivity index (χ4n) is 2.11. The number of nitrogens with zero attached hydrogens (tertiary/aromatic N) is 3. The molecule has 118 valence electrons. The molecule has 22 heavy (non-hydrogen) atoms. The molecule has 1 heterocycles. The molecule has 0 aliphatic heterocycles. The summed E-state index contributed by atoms with van der Waals surface area (Å²) in [7, 11) is 1.76. The average molecular weight is 321 g/mol. The Kier molecular flexibility index (Phi) is 5.44. The lowest BCUT2D eigenvalue weighted by atomic mass is 10.2. The molecule has 0 aliphatic carbocycles. The summed E-state index contributed by atoms with van der Waals surface area (Å²) in [6.45, 7) is 5.00. The number of benzene rings is 1. The number of carbonyl (C=O) groups is 1. The van der Waals surface area contributed by atoms with E-state index in [9.17, 15) is 4.79 Å². The van der Waals surface area contributed by atoms with Gasteiger partial charge in [-0.15, -0.1) is 0 Å². The Bertz CT molecular complexity index is 639. The number of nitrogens with one attached hydrogen (secondary N) is 1. The van der Waals surface area contributed by atoms with Gasteiger partial charge in [-0.1, -0.05) is 23.7 Å². The summed E-state index contributed by atoms with van der Waals surface area (Å²) in [5.74, 6) is 0.835. The van der Waals surface area contributed by atoms with Crippen LogP contribution in [-0.4, -0.2) is 33.6 Å². The summed E-state index contributed by atoms with van der Waals surface area (Å²) in [6.07, 6.45) is 3.65. The highest BCUT2D eigenvalue weighted by atomic mass is 35.5. The molecule has 2 rings (SSSR count). The van der Waals surface area contributed by atoms with Crippen LogP contribution >= 0.6 is 11.6 Å². The van der Waals surface area contributed by atoms with E-state index in [1.165, 1.54) is 0 Å². The maximum Gasteiger partial charge on any atom is 0.317 e. The highest BCUT2D eigenvalue weighted by Crippen LogP contribution is 2.13. The van der Waals surface area contributed by atoms with E-state index in [0.29, 0.717) is 18.1 Å². The summed E-state index contributed by atoms with van der Waals surface area (Å²) >= 11 is 6.01. The minimum atomic E-state index is -0.104. The van der Waals surface area contributed by atoms with Crippen molar-refractivity contribution in [1.29, 1.82) is 0 Å². The van der Waals surface area contributed by atoms with Crippen LogP contribution in [0.25, 0.3) is 0 Å². The van der Waals surface area contributed by atoms with Crippen molar-refractivity contribution in [2.24, 2.45) is 0 Å². The van der Waals surface area contributed by atoms with Crippen molar-refractivity contribution in [2.75, 3.05) is 7.05 Å².